The lowest BCUT2D eigenvalue weighted by Crippen LogP contribution is -2.32. The van der Waals surface area contributed by atoms with E-state index in [0.717, 1.165) is 30.0 Å². The maximum atomic E-state index is 5.76. The molecule has 0 radical (unpaired) electrons. The van der Waals surface area contributed by atoms with Gasteiger partial charge in [0.2, 0.25) is 5.89 Å². The Kier molecular flexibility index (Phi) is 11.4. The van der Waals surface area contributed by atoms with E-state index >= 15 is 0 Å². The highest BCUT2D eigenvalue weighted by atomic mass is 127. The van der Waals surface area contributed by atoms with Gasteiger partial charge in [-0.1, -0.05) is 5.16 Å². The number of aryl methyl sites for hydroxylation is 1. The number of nitrogens with zero attached hydrogens (tertiary/aromatic N) is 3. The van der Waals surface area contributed by atoms with Gasteiger partial charge in [-0.15, -0.1) is 24.0 Å². The van der Waals surface area contributed by atoms with E-state index in [-0.39, 0.29) is 30.5 Å². The lowest BCUT2D eigenvalue weighted by molar-refractivity contribution is 0.0699. The first-order valence-corrected chi connectivity index (χ1v) is 10.1. The molecule has 0 amide bonds. The number of benzene rings is 1. The molecule has 0 fully saturated rings. The molecule has 31 heavy (non-hydrogen) atoms. The molecule has 11 heteroatoms. The number of fused-ring (bicyclic) bond motifs is 1. The summed E-state index contributed by atoms with van der Waals surface area (Å²) in [6, 6.07) is 5.73. The molecule has 1 aromatic carbocycles. The second-order valence-electron chi connectivity index (χ2n) is 6.62. The minimum atomic E-state index is 0. The summed E-state index contributed by atoms with van der Waals surface area (Å²) >= 11 is 0. The monoisotopic (exact) mass is 547 g/mol. The van der Waals surface area contributed by atoms with Crippen molar-refractivity contribution < 1.29 is 23.5 Å². The highest BCUT2D eigenvalue weighted by Gasteiger charge is 2.12. The van der Waals surface area contributed by atoms with Crippen LogP contribution in [-0.4, -0.2) is 62.8 Å². The standard InChI is InChI=1S/C20H29N5O5.HI/c1-15-23-19(30-25-15)14-22-20(21-7-3-8-27-12-11-26-2)24-16-5-6-17-18(13-16)29-10-4-9-28-17;/h5-6,13H,3-4,7-12,14H2,1-2H3,(H2,21,22,24);1H. The molecule has 10 nitrogen and oxygen atoms in total. The third-order valence-electron chi connectivity index (χ3n) is 4.14. The summed E-state index contributed by atoms with van der Waals surface area (Å²) in [5.41, 5.74) is 0.837. The molecule has 2 aromatic rings. The highest BCUT2D eigenvalue weighted by molar-refractivity contribution is 14.0. The van der Waals surface area contributed by atoms with Crippen LogP contribution in [0.2, 0.25) is 0 Å². The Balaban J connectivity index is 0.00000341. The number of hydrogen-bond acceptors (Lipinski definition) is 8. The minimum absolute atomic E-state index is 0. The van der Waals surface area contributed by atoms with Gasteiger partial charge in [0.15, 0.2) is 23.3 Å². The van der Waals surface area contributed by atoms with E-state index < -0.39 is 0 Å². The molecule has 0 saturated carbocycles. The van der Waals surface area contributed by atoms with Gasteiger partial charge in [0.1, 0.15) is 6.54 Å². The van der Waals surface area contributed by atoms with Crippen LogP contribution >= 0.6 is 24.0 Å². The Bertz CT molecular complexity index is 817. The molecule has 0 bridgehead atoms. The number of guanidine groups is 1. The van der Waals surface area contributed by atoms with Crippen LogP contribution in [-0.2, 0) is 16.0 Å². The molecule has 2 N–H and O–H groups in total. The molecule has 1 aromatic heterocycles. The van der Waals surface area contributed by atoms with E-state index in [2.05, 4.69) is 25.8 Å². The molecule has 3 rings (SSSR count). The van der Waals surface area contributed by atoms with Crippen LogP contribution in [0.1, 0.15) is 24.6 Å². The van der Waals surface area contributed by atoms with Gasteiger partial charge in [0.25, 0.3) is 0 Å². The van der Waals surface area contributed by atoms with Crippen LogP contribution in [0.15, 0.2) is 27.7 Å². The van der Waals surface area contributed by atoms with Crippen molar-refractivity contribution in [3.05, 3.63) is 29.9 Å². The van der Waals surface area contributed by atoms with Crippen molar-refractivity contribution in [3.8, 4) is 11.5 Å². The molecule has 1 aliphatic rings. The number of aromatic nitrogens is 2. The van der Waals surface area contributed by atoms with E-state index in [9.17, 15) is 0 Å². The fourth-order valence-corrected chi connectivity index (χ4v) is 2.69. The fraction of sp³-hybridized carbons (Fsp3) is 0.550. The zero-order valence-corrected chi connectivity index (χ0v) is 20.2. The summed E-state index contributed by atoms with van der Waals surface area (Å²) < 4.78 is 27.0. The molecule has 0 saturated heterocycles. The van der Waals surface area contributed by atoms with Crippen molar-refractivity contribution in [2.45, 2.75) is 26.3 Å². The first kappa shape index (κ1) is 25.1. The molecule has 1 aliphatic heterocycles. The van der Waals surface area contributed by atoms with Crippen LogP contribution in [0.3, 0.4) is 0 Å². The van der Waals surface area contributed by atoms with Crippen LogP contribution in [0, 0.1) is 6.92 Å². The van der Waals surface area contributed by atoms with Gasteiger partial charge in [0, 0.05) is 38.4 Å². The predicted octanol–water partition coefficient (Wildman–Crippen LogP) is 2.77. The number of halogens is 1. The molecular formula is C20H30IN5O5. The SMILES string of the molecule is COCCOCCCNC(=NCc1nc(C)no1)Nc1ccc2c(c1)OCCCO2.I. The minimum Gasteiger partial charge on any atom is -0.490 e. The Morgan fingerprint density at radius 2 is 2.00 bits per heavy atom. The summed E-state index contributed by atoms with van der Waals surface area (Å²) in [5, 5.41) is 10.4. The smallest absolute Gasteiger partial charge is 0.248 e. The van der Waals surface area contributed by atoms with Gasteiger partial charge in [-0.05, 0) is 25.5 Å². The number of hydrogen-bond donors (Lipinski definition) is 2. The summed E-state index contributed by atoms with van der Waals surface area (Å²) in [6.45, 7) is 5.83. The number of anilines is 1. The van der Waals surface area contributed by atoms with Crippen molar-refractivity contribution in [3.63, 3.8) is 0 Å². The number of ether oxygens (including phenoxy) is 4. The quantitative estimate of drug-likeness (QED) is 0.201. The van der Waals surface area contributed by atoms with Crippen LogP contribution in [0.4, 0.5) is 5.69 Å². The Hall–Kier alpha value is -2.12. The maximum absolute atomic E-state index is 5.76. The Labute approximate surface area is 199 Å². The van der Waals surface area contributed by atoms with Crippen molar-refractivity contribution in [1.29, 1.82) is 0 Å². The second-order valence-corrected chi connectivity index (χ2v) is 6.62. The highest BCUT2D eigenvalue weighted by Crippen LogP contribution is 2.32. The lowest BCUT2D eigenvalue weighted by atomic mass is 10.2. The van der Waals surface area contributed by atoms with Gasteiger partial charge >= 0.3 is 0 Å². The number of nitrogens with one attached hydrogen (secondary N) is 2. The fourth-order valence-electron chi connectivity index (χ4n) is 2.69. The zero-order valence-electron chi connectivity index (χ0n) is 17.9. The summed E-state index contributed by atoms with van der Waals surface area (Å²) in [4.78, 5) is 8.73. The van der Waals surface area contributed by atoms with E-state index in [1.165, 1.54) is 0 Å². The Morgan fingerprint density at radius 1 is 1.16 bits per heavy atom. The van der Waals surface area contributed by atoms with Crippen LogP contribution in [0.5, 0.6) is 11.5 Å². The number of aliphatic imine (C=N–C) groups is 1. The second kappa shape index (κ2) is 14.0. The molecule has 172 valence electrons. The number of methoxy groups -OCH3 is 1. The number of rotatable bonds is 10. The van der Waals surface area contributed by atoms with E-state index in [1.54, 1.807) is 14.0 Å². The van der Waals surface area contributed by atoms with Gasteiger partial charge in [0.05, 0.1) is 26.4 Å². The van der Waals surface area contributed by atoms with Crippen molar-refractivity contribution in [2.24, 2.45) is 4.99 Å². The summed E-state index contributed by atoms with van der Waals surface area (Å²) in [6.07, 6.45) is 1.69. The topological polar surface area (TPSA) is 112 Å². The first-order chi connectivity index (χ1) is 14.7. The molecule has 0 unspecified atom stereocenters. The van der Waals surface area contributed by atoms with Crippen molar-refractivity contribution >= 4 is 35.6 Å². The van der Waals surface area contributed by atoms with E-state index in [0.29, 0.717) is 57.3 Å². The molecule has 0 atom stereocenters. The van der Waals surface area contributed by atoms with Crippen molar-refractivity contribution in [1.82, 2.24) is 15.5 Å². The molecule has 0 aliphatic carbocycles. The van der Waals surface area contributed by atoms with Gasteiger partial charge in [-0.25, -0.2) is 4.99 Å². The first-order valence-electron chi connectivity index (χ1n) is 10.1. The van der Waals surface area contributed by atoms with Gasteiger partial charge < -0.3 is 34.1 Å². The van der Waals surface area contributed by atoms with E-state index in [4.69, 9.17) is 23.5 Å². The third-order valence-corrected chi connectivity index (χ3v) is 4.14. The largest absolute Gasteiger partial charge is 0.490 e. The average Bonchev–Trinajstić information content (AvgIpc) is 3.02. The third kappa shape index (κ3) is 8.87. The van der Waals surface area contributed by atoms with Crippen LogP contribution < -0.4 is 20.1 Å². The summed E-state index contributed by atoms with van der Waals surface area (Å²) in [5.74, 6) is 3.10. The molecule has 0 spiro atoms. The molecule has 2 heterocycles. The molecular weight excluding hydrogens is 517 g/mol. The Morgan fingerprint density at radius 3 is 2.77 bits per heavy atom. The van der Waals surface area contributed by atoms with Crippen molar-refractivity contribution in [2.75, 3.05) is 52.0 Å². The normalized spacial score (nSPS) is 13.3. The van der Waals surface area contributed by atoms with Gasteiger partial charge in [-0.3, -0.25) is 0 Å². The maximum Gasteiger partial charge on any atom is 0.248 e. The van der Waals surface area contributed by atoms with Gasteiger partial charge in [-0.2, -0.15) is 4.98 Å². The predicted molar refractivity (Wildman–Crippen MR) is 127 cm³/mol. The summed E-state index contributed by atoms with van der Waals surface area (Å²) in [7, 11) is 1.66. The lowest BCUT2D eigenvalue weighted by Gasteiger charge is -2.14. The van der Waals surface area contributed by atoms with E-state index in [1.807, 2.05) is 18.2 Å². The van der Waals surface area contributed by atoms with Crippen LogP contribution in [0.25, 0.3) is 0 Å². The zero-order chi connectivity index (χ0) is 21.0. The average molecular weight is 547 g/mol.